The fraction of sp³-hybridized carbons (Fsp3) is 0.318. The molecule has 1 fully saturated rings. The molecule has 0 aliphatic carbocycles. The molecule has 0 radical (unpaired) electrons. The molecule has 3 aromatic rings. The summed E-state index contributed by atoms with van der Waals surface area (Å²) >= 11 is 0. The average Bonchev–Trinajstić information content (AvgIpc) is 3.29. The van der Waals surface area contributed by atoms with E-state index in [4.69, 9.17) is 0 Å². The lowest BCUT2D eigenvalue weighted by molar-refractivity contribution is 0.371. The van der Waals surface area contributed by atoms with Crippen molar-refractivity contribution >= 4 is 35.8 Å². The molecule has 0 spiro atoms. The number of rotatable bonds is 5. The third kappa shape index (κ3) is 5.71. The molecule has 8 heteroatoms. The van der Waals surface area contributed by atoms with E-state index >= 15 is 0 Å². The lowest BCUT2D eigenvalue weighted by atomic mass is 10.1. The highest BCUT2D eigenvalue weighted by Gasteiger charge is 2.20. The SMILES string of the molecule is CN=C(NCc1ccc(Cn2ccnc2)cc1)N1CCN(c2ccccn2)CC1.I. The molecular weight excluding hydrogens is 489 g/mol. The van der Waals surface area contributed by atoms with Crippen LogP contribution in [0.5, 0.6) is 0 Å². The monoisotopic (exact) mass is 517 g/mol. The van der Waals surface area contributed by atoms with Gasteiger partial charge in [0.1, 0.15) is 5.82 Å². The number of pyridine rings is 1. The molecule has 1 aromatic carbocycles. The van der Waals surface area contributed by atoms with Gasteiger partial charge in [0, 0.05) is 64.9 Å². The van der Waals surface area contributed by atoms with Gasteiger partial charge in [0.2, 0.25) is 0 Å². The van der Waals surface area contributed by atoms with Crippen molar-refractivity contribution in [2.24, 2.45) is 4.99 Å². The number of imidazole rings is 1. The maximum absolute atomic E-state index is 4.48. The Morgan fingerprint density at radius 3 is 2.40 bits per heavy atom. The van der Waals surface area contributed by atoms with Gasteiger partial charge in [0.15, 0.2) is 5.96 Å². The molecule has 30 heavy (non-hydrogen) atoms. The van der Waals surface area contributed by atoms with Crippen LogP contribution in [0.2, 0.25) is 0 Å². The van der Waals surface area contributed by atoms with Crippen molar-refractivity contribution in [1.82, 2.24) is 24.8 Å². The van der Waals surface area contributed by atoms with Crippen molar-refractivity contribution in [2.45, 2.75) is 13.1 Å². The number of aromatic nitrogens is 3. The number of hydrogen-bond acceptors (Lipinski definition) is 4. The summed E-state index contributed by atoms with van der Waals surface area (Å²) in [6.07, 6.45) is 7.48. The van der Waals surface area contributed by atoms with Crippen molar-refractivity contribution < 1.29 is 0 Å². The second kappa shape index (κ2) is 11.0. The number of nitrogens with zero attached hydrogens (tertiary/aromatic N) is 6. The molecule has 1 aliphatic rings. The van der Waals surface area contributed by atoms with Gasteiger partial charge in [0.05, 0.1) is 6.33 Å². The molecule has 0 saturated carbocycles. The Kier molecular flexibility index (Phi) is 8.06. The summed E-state index contributed by atoms with van der Waals surface area (Å²) in [5, 5.41) is 3.50. The summed E-state index contributed by atoms with van der Waals surface area (Å²) in [6.45, 7) is 5.36. The molecule has 4 rings (SSSR count). The number of benzene rings is 1. The van der Waals surface area contributed by atoms with Gasteiger partial charge in [-0.15, -0.1) is 24.0 Å². The quantitative estimate of drug-likeness (QED) is 0.321. The number of guanidine groups is 1. The van der Waals surface area contributed by atoms with Gasteiger partial charge in [-0.25, -0.2) is 9.97 Å². The Labute approximate surface area is 194 Å². The van der Waals surface area contributed by atoms with Crippen molar-refractivity contribution in [3.05, 3.63) is 78.5 Å². The molecular formula is C22H28IN7. The Bertz CT molecular complexity index is 902. The summed E-state index contributed by atoms with van der Waals surface area (Å²) < 4.78 is 2.07. The van der Waals surface area contributed by atoms with Crippen LogP contribution >= 0.6 is 24.0 Å². The van der Waals surface area contributed by atoms with E-state index in [0.717, 1.165) is 51.0 Å². The maximum Gasteiger partial charge on any atom is 0.194 e. The van der Waals surface area contributed by atoms with Gasteiger partial charge in [0.25, 0.3) is 0 Å². The summed E-state index contributed by atoms with van der Waals surface area (Å²) in [6, 6.07) is 14.7. The van der Waals surface area contributed by atoms with Gasteiger partial charge in [-0.2, -0.15) is 0 Å². The molecule has 1 aliphatic heterocycles. The van der Waals surface area contributed by atoms with Gasteiger partial charge in [-0.3, -0.25) is 4.99 Å². The highest BCUT2D eigenvalue weighted by atomic mass is 127. The lowest BCUT2D eigenvalue weighted by Crippen LogP contribution is -2.52. The fourth-order valence-corrected chi connectivity index (χ4v) is 3.56. The number of hydrogen-bond donors (Lipinski definition) is 1. The number of nitrogens with one attached hydrogen (secondary N) is 1. The van der Waals surface area contributed by atoms with E-state index in [0.29, 0.717) is 0 Å². The molecule has 0 amide bonds. The van der Waals surface area contributed by atoms with E-state index < -0.39 is 0 Å². The zero-order valence-corrected chi connectivity index (χ0v) is 19.5. The van der Waals surface area contributed by atoms with Crippen LogP contribution in [-0.2, 0) is 13.1 Å². The predicted octanol–water partition coefficient (Wildman–Crippen LogP) is 2.84. The van der Waals surface area contributed by atoms with E-state index in [1.54, 1.807) is 6.20 Å². The molecule has 158 valence electrons. The van der Waals surface area contributed by atoms with Gasteiger partial charge >= 0.3 is 0 Å². The summed E-state index contributed by atoms with van der Waals surface area (Å²) in [5.74, 6) is 2.00. The highest BCUT2D eigenvalue weighted by molar-refractivity contribution is 14.0. The van der Waals surface area contributed by atoms with Crippen LogP contribution in [0.1, 0.15) is 11.1 Å². The van der Waals surface area contributed by atoms with E-state index in [1.807, 2.05) is 37.9 Å². The molecule has 1 saturated heterocycles. The predicted molar refractivity (Wildman–Crippen MR) is 131 cm³/mol. The minimum absolute atomic E-state index is 0. The molecule has 0 bridgehead atoms. The lowest BCUT2D eigenvalue weighted by Gasteiger charge is -2.37. The van der Waals surface area contributed by atoms with E-state index in [1.165, 1.54) is 11.1 Å². The Morgan fingerprint density at radius 2 is 1.77 bits per heavy atom. The normalized spacial score (nSPS) is 14.4. The van der Waals surface area contributed by atoms with E-state index in [9.17, 15) is 0 Å². The molecule has 1 N–H and O–H groups in total. The first kappa shape index (κ1) is 22.1. The smallest absolute Gasteiger partial charge is 0.194 e. The van der Waals surface area contributed by atoms with Gasteiger partial charge in [-0.1, -0.05) is 30.3 Å². The van der Waals surface area contributed by atoms with Crippen LogP contribution in [0, 0.1) is 0 Å². The topological polar surface area (TPSA) is 61.6 Å². The van der Waals surface area contributed by atoms with Crippen molar-refractivity contribution in [3.63, 3.8) is 0 Å². The zero-order valence-electron chi connectivity index (χ0n) is 17.2. The van der Waals surface area contributed by atoms with E-state index in [2.05, 4.69) is 65.0 Å². The fourth-order valence-electron chi connectivity index (χ4n) is 3.56. The molecule has 0 unspecified atom stereocenters. The van der Waals surface area contributed by atoms with Crippen LogP contribution in [0.3, 0.4) is 0 Å². The first-order chi connectivity index (χ1) is 14.3. The number of anilines is 1. The molecule has 0 atom stereocenters. The maximum atomic E-state index is 4.48. The number of halogens is 1. The largest absolute Gasteiger partial charge is 0.353 e. The summed E-state index contributed by atoms with van der Waals surface area (Å²) in [5.41, 5.74) is 2.51. The van der Waals surface area contributed by atoms with Crippen LogP contribution < -0.4 is 10.2 Å². The van der Waals surface area contributed by atoms with Gasteiger partial charge < -0.3 is 19.7 Å². The van der Waals surface area contributed by atoms with E-state index in [-0.39, 0.29) is 24.0 Å². The number of aliphatic imine (C=N–C) groups is 1. The molecule has 3 heterocycles. The Hall–Kier alpha value is -2.62. The van der Waals surface area contributed by atoms with Gasteiger partial charge in [-0.05, 0) is 23.3 Å². The van der Waals surface area contributed by atoms with Crippen LogP contribution in [-0.4, -0.2) is 58.6 Å². The third-order valence-electron chi connectivity index (χ3n) is 5.16. The first-order valence-electron chi connectivity index (χ1n) is 9.97. The molecule has 7 nitrogen and oxygen atoms in total. The minimum atomic E-state index is 0. The van der Waals surface area contributed by atoms with Crippen molar-refractivity contribution in [3.8, 4) is 0 Å². The first-order valence-corrected chi connectivity index (χ1v) is 9.97. The molecule has 2 aromatic heterocycles. The third-order valence-corrected chi connectivity index (χ3v) is 5.16. The van der Waals surface area contributed by atoms with Crippen molar-refractivity contribution in [1.29, 1.82) is 0 Å². The summed E-state index contributed by atoms with van der Waals surface area (Å²) in [4.78, 5) is 17.7. The van der Waals surface area contributed by atoms with Crippen molar-refractivity contribution in [2.75, 3.05) is 38.1 Å². The standard InChI is InChI=1S/C22H27N7.HI/c1-23-22(29-14-12-28(13-15-29)21-4-2-3-9-25-21)26-16-19-5-7-20(8-6-19)17-27-11-10-24-18-27;/h2-11,18H,12-17H2,1H3,(H,23,26);1H. The number of piperazine rings is 1. The second-order valence-electron chi connectivity index (χ2n) is 7.11. The minimum Gasteiger partial charge on any atom is -0.353 e. The summed E-state index contributed by atoms with van der Waals surface area (Å²) in [7, 11) is 1.85. The second-order valence-corrected chi connectivity index (χ2v) is 7.11. The van der Waals surface area contributed by atoms with Crippen LogP contribution in [0.4, 0.5) is 5.82 Å². The highest BCUT2D eigenvalue weighted by Crippen LogP contribution is 2.13. The Balaban J connectivity index is 0.00000256. The van der Waals surface area contributed by atoms with Crippen LogP contribution in [0.25, 0.3) is 0 Å². The Morgan fingerprint density at radius 1 is 1.00 bits per heavy atom. The zero-order chi connectivity index (χ0) is 19.9. The average molecular weight is 517 g/mol. The van der Waals surface area contributed by atoms with Crippen LogP contribution in [0.15, 0.2) is 72.4 Å².